The van der Waals surface area contributed by atoms with Crippen LogP contribution in [0, 0.1) is 0 Å². The Hall–Kier alpha value is -1.33. The Bertz CT molecular complexity index is 510. The molecule has 1 heterocycles. The number of rotatable bonds is 4. The van der Waals surface area contributed by atoms with Crippen LogP contribution in [0.15, 0.2) is 35.2 Å². The summed E-state index contributed by atoms with van der Waals surface area (Å²) in [6, 6.07) is 5.94. The molecule has 0 saturated carbocycles. The van der Waals surface area contributed by atoms with Gasteiger partial charge >= 0.3 is 0 Å². The van der Waals surface area contributed by atoms with E-state index in [1.165, 1.54) is 0 Å². The van der Waals surface area contributed by atoms with E-state index in [1.807, 2.05) is 36.0 Å². The summed E-state index contributed by atoms with van der Waals surface area (Å²) in [5, 5.41) is 3.12. The van der Waals surface area contributed by atoms with Crippen LogP contribution in [-0.2, 0) is 6.54 Å². The van der Waals surface area contributed by atoms with E-state index in [0.29, 0.717) is 0 Å². The maximum atomic E-state index is 5.25. The third kappa shape index (κ3) is 2.68. The van der Waals surface area contributed by atoms with Gasteiger partial charge in [0.15, 0.2) is 0 Å². The zero-order valence-corrected chi connectivity index (χ0v) is 11.4. The highest BCUT2D eigenvalue weighted by molar-refractivity contribution is 9.10. The van der Waals surface area contributed by atoms with Crippen molar-refractivity contribution in [2.75, 3.05) is 14.2 Å². The molecule has 0 amide bonds. The highest BCUT2D eigenvalue weighted by Gasteiger charge is 2.06. The van der Waals surface area contributed by atoms with Gasteiger partial charge in [-0.15, -0.1) is 0 Å². The average molecular weight is 296 g/mol. The summed E-state index contributed by atoms with van der Waals surface area (Å²) in [7, 11) is 3.58. The second kappa shape index (κ2) is 5.33. The molecule has 0 aliphatic carbocycles. The van der Waals surface area contributed by atoms with Crippen LogP contribution in [-0.4, -0.2) is 23.7 Å². The van der Waals surface area contributed by atoms with Gasteiger partial charge in [0.2, 0.25) is 0 Å². The first kappa shape index (κ1) is 12.1. The first-order valence-corrected chi connectivity index (χ1v) is 6.04. The van der Waals surface area contributed by atoms with Crippen LogP contribution in [0.25, 0.3) is 5.69 Å². The lowest BCUT2D eigenvalue weighted by Gasteiger charge is -2.10. The standard InChI is InChI=1S/C12H14BrN3O/c1-14-6-11-7-15-8-16(11)10-3-9(13)4-12(5-10)17-2/h3-5,7-8,14H,6H2,1-2H3. The van der Waals surface area contributed by atoms with Gasteiger partial charge in [0.05, 0.1) is 24.8 Å². The Morgan fingerprint density at radius 2 is 2.24 bits per heavy atom. The number of nitrogens with one attached hydrogen (secondary N) is 1. The van der Waals surface area contributed by atoms with Crippen molar-refractivity contribution in [1.82, 2.24) is 14.9 Å². The molecule has 0 saturated heterocycles. The van der Waals surface area contributed by atoms with Crippen LogP contribution < -0.4 is 10.1 Å². The second-order valence-electron chi connectivity index (χ2n) is 3.63. The van der Waals surface area contributed by atoms with Gasteiger partial charge < -0.3 is 14.6 Å². The number of ether oxygens (including phenoxy) is 1. The summed E-state index contributed by atoms with van der Waals surface area (Å²) >= 11 is 3.47. The minimum absolute atomic E-state index is 0.773. The molecule has 1 aromatic heterocycles. The van der Waals surface area contributed by atoms with Crippen molar-refractivity contribution in [1.29, 1.82) is 0 Å². The number of benzene rings is 1. The normalized spacial score (nSPS) is 10.5. The van der Waals surface area contributed by atoms with Crippen LogP contribution in [0.1, 0.15) is 5.69 Å². The maximum absolute atomic E-state index is 5.25. The molecule has 1 aromatic carbocycles. The van der Waals surface area contributed by atoms with Gasteiger partial charge in [-0.05, 0) is 19.2 Å². The van der Waals surface area contributed by atoms with E-state index in [2.05, 4.69) is 26.2 Å². The molecular formula is C12H14BrN3O. The van der Waals surface area contributed by atoms with Crippen LogP contribution in [0.5, 0.6) is 5.75 Å². The molecular weight excluding hydrogens is 282 g/mol. The molecule has 0 spiro atoms. The van der Waals surface area contributed by atoms with Crippen LogP contribution in [0.2, 0.25) is 0 Å². The summed E-state index contributed by atoms with van der Waals surface area (Å²) < 4.78 is 8.27. The Morgan fingerprint density at radius 1 is 1.41 bits per heavy atom. The van der Waals surface area contributed by atoms with E-state index in [0.717, 1.165) is 28.1 Å². The molecule has 2 rings (SSSR count). The fourth-order valence-electron chi connectivity index (χ4n) is 1.67. The van der Waals surface area contributed by atoms with E-state index in [9.17, 15) is 0 Å². The first-order chi connectivity index (χ1) is 8.24. The lowest BCUT2D eigenvalue weighted by molar-refractivity contribution is 0.414. The smallest absolute Gasteiger partial charge is 0.122 e. The number of hydrogen-bond donors (Lipinski definition) is 1. The highest BCUT2D eigenvalue weighted by Crippen LogP contribution is 2.24. The number of methoxy groups -OCH3 is 1. The molecule has 0 atom stereocenters. The Morgan fingerprint density at radius 3 is 2.94 bits per heavy atom. The van der Waals surface area contributed by atoms with Crippen molar-refractivity contribution in [3.8, 4) is 11.4 Å². The number of aromatic nitrogens is 2. The molecule has 0 aliphatic heterocycles. The molecule has 0 radical (unpaired) electrons. The van der Waals surface area contributed by atoms with E-state index >= 15 is 0 Å². The zero-order valence-electron chi connectivity index (χ0n) is 9.77. The summed E-state index contributed by atoms with van der Waals surface area (Å²) in [5.41, 5.74) is 2.13. The number of hydrogen-bond acceptors (Lipinski definition) is 3. The van der Waals surface area contributed by atoms with E-state index < -0.39 is 0 Å². The van der Waals surface area contributed by atoms with Crippen molar-refractivity contribution in [3.63, 3.8) is 0 Å². The van der Waals surface area contributed by atoms with Crippen molar-refractivity contribution < 1.29 is 4.74 Å². The lowest BCUT2D eigenvalue weighted by Crippen LogP contribution is -2.09. The van der Waals surface area contributed by atoms with Gasteiger partial charge in [-0.25, -0.2) is 4.98 Å². The minimum Gasteiger partial charge on any atom is -0.497 e. The van der Waals surface area contributed by atoms with Crippen molar-refractivity contribution in [2.24, 2.45) is 0 Å². The topological polar surface area (TPSA) is 39.1 Å². The molecule has 2 aromatic rings. The van der Waals surface area contributed by atoms with E-state index in [1.54, 1.807) is 13.4 Å². The zero-order chi connectivity index (χ0) is 12.3. The number of imidazole rings is 1. The maximum Gasteiger partial charge on any atom is 0.122 e. The van der Waals surface area contributed by atoms with Gasteiger partial charge in [-0.3, -0.25) is 0 Å². The van der Waals surface area contributed by atoms with Crippen LogP contribution >= 0.6 is 15.9 Å². The molecule has 0 unspecified atom stereocenters. The molecule has 17 heavy (non-hydrogen) atoms. The molecule has 1 N–H and O–H groups in total. The fourth-order valence-corrected chi connectivity index (χ4v) is 2.13. The Labute approximate surface area is 109 Å². The third-order valence-corrected chi connectivity index (χ3v) is 2.90. The number of halogens is 1. The Balaban J connectivity index is 2.44. The third-order valence-electron chi connectivity index (χ3n) is 2.44. The predicted molar refractivity (Wildman–Crippen MR) is 70.6 cm³/mol. The molecule has 5 heteroatoms. The summed E-state index contributed by atoms with van der Waals surface area (Å²) in [4.78, 5) is 4.17. The largest absolute Gasteiger partial charge is 0.497 e. The first-order valence-electron chi connectivity index (χ1n) is 5.25. The van der Waals surface area contributed by atoms with Crippen LogP contribution in [0.4, 0.5) is 0 Å². The number of nitrogens with zero attached hydrogens (tertiary/aromatic N) is 2. The quantitative estimate of drug-likeness (QED) is 0.941. The van der Waals surface area contributed by atoms with Crippen LogP contribution in [0.3, 0.4) is 0 Å². The SMILES string of the molecule is CNCc1cncn1-c1cc(Br)cc(OC)c1. The van der Waals surface area contributed by atoms with E-state index in [4.69, 9.17) is 4.74 Å². The van der Waals surface area contributed by atoms with Gasteiger partial charge in [-0.1, -0.05) is 15.9 Å². The van der Waals surface area contributed by atoms with Crippen molar-refractivity contribution in [2.45, 2.75) is 6.54 Å². The summed E-state index contributed by atoms with van der Waals surface area (Å²) in [5.74, 6) is 0.818. The lowest BCUT2D eigenvalue weighted by atomic mass is 10.3. The monoisotopic (exact) mass is 295 g/mol. The summed E-state index contributed by atoms with van der Waals surface area (Å²) in [6.07, 6.45) is 3.65. The fraction of sp³-hybridized carbons (Fsp3) is 0.250. The molecule has 0 bridgehead atoms. The van der Waals surface area contributed by atoms with Crippen molar-refractivity contribution >= 4 is 15.9 Å². The van der Waals surface area contributed by atoms with Crippen molar-refractivity contribution in [3.05, 3.63) is 40.9 Å². The molecule has 4 nitrogen and oxygen atoms in total. The molecule has 0 fully saturated rings. The predicted octanol–water partition coefficient (Wildman–Crippen LogP) is 2.36. The summed E-state index contributed by atoms with van der Waals surface area (Å²) in [6.45, 7) is 0.773. The molecule has 90 valence electrons. The molecule has 0 aliphatic rings. The minimum atomic E-state index is 0.773. The highest BCUT2D eigenvalue weighted by atomic mass is 79.9. The Kier molecular flexibility index (Phi) is 3.81. The van der Waals surface area contributed by atoms with E-state index in [-0.39, 0.29) is 0 Å². The van der Waals surface area contributed by atoms with Gasteiger partial charge in [0.1, 0.15) is 5.75 Å². The van der Waals surface area contributed by atoms with Gasteiger partial charge in [0, 0.05) is 23.3 Å². The van der Waals surface area contributed by atoms with Gasteiger partial charge in [-0.2, -0.15) is 0 Å². The van der Waals surface area contributed by atoms with Gasteiger partial charge in [0.25, 0.3) is 0 Å². The second-order valence-corrected chi connectivity index (χ2v) is 4.55. The average Bonchev–Trinajstić information content (AvgIpc) is 2.77.